The zero-order valence-corrected chi connectivity index (χ0v) is 19.9. The molecule has 1 aromatic heterocycles. The Kier molecular flexibility index (Phi) is 6.41. The van der Waals surface area contributed by atoms with Crippen LogP contribution in [-0.4, -0.2) is 69.9 Å². The molecule has 1 aliphatic rings. The van der Waals surface area contributed by atoms with Gasteiger partial charge in [0.2, 0.25) is 5.95 Å². The van der Waals surface area contributed by atoms with Gasteiger partial charge in [0.25, 0.3) is 0 Å². The van der Waals surface area contributed by atoms with Gasteiger partial charge in [-0.15, -0.1) is 0 Å². The number of nitrogens with two attached hydrogens (primary N) is 1. The third-order valence-electron chi connectivity index (χ3n) is 5.74. The summed E-state index contributed by atoms with van der Waals surface area (Å²) < 4.78 is 5.65. The number of nitrogen functional groups attached to an aromatic ring is 1. The van der Waals surface area contributed by atoms with Crippen LogP contribution in [0.5, 0.6) is 5.75 Å². The van der Waals surface area contributed by atoms with Crippen molar-refractivity contribution in [3.63, 3.8) is 0 Å². The first-order chi connectivity index (χ1) is 15.9. The molecule has 4 rings (SSSR count). The summed E-state index contributed by atoms with van der Waals surface area (Å²) >= 11 is 0. The molecule has 0 bridgehead atoms. The highest BCUT2D eigenvalue weighted by Gasteiger charge is 2.25. The molecule has 0 saturated carbocycles. The molecule has 0 spiro atoms. The number of fused-ring (bicyclic) bond motifs is 1. The standard InChI is InChI=1S/C24H32N8O/c1-29(2)12-13-30(3)21-15-22(33-5)18(14-17(21)25)27-24-26-11-10-23(28-24)32-16-31(4)19-8-6-7-9-20(19)32/h6-11,14-15H,12-13,16,25H2,1-5H3,(H,26,27,28). The van der Waals surface area contributed by atoms with Crippen LogP contribution in [0.4, 0.5) is 40.2 Å². The fourth-order valence-corrected chi connectivity index (χ4v) is 3.91. The minimum atomic E-state index is 0.478. The van der Waals surface area contributed by atoms with Gasteiger partial charge in [0.1, 0.15) is 11.6 Å². The van der Waals surface area contributed by atoms with Gasteiger partial charge >= 0.3 is 0 Å². The minimum Gasteiger partial charge on any atom is -0.494 e. The Morgan fingerprint density at radius 1 is 1.09 bits per heavy atom. The molecule has 0 radical (unpaired) electrons. The zero-order valence-electron chi connectivity index (χ0n) is 19.9. The van der Waals surface area contributed by atoms with Gasteiger partial charge in [0, 0.05) is 39.4 Å². The van der Waals surface area contributed by atoms with Crippen LogP contribution >= 0.6 is 0 Å². The summed E-state index contributed by atoms with van der Waals surface area (Å²) in [5.41, 5.74) is 11.0. The SMILES string of the molecule is COc1cc(N(C)CCN(C)C)c(N)cc1Nc1nccc(N2CN(C)c3ccccc32)n1. The van der Waals surface area contributed by atoms with E-state index in [1.807, 2.05) is 37.4 Å². The van der Waals surface area contributed by atoms with E-state index in [0.29, 0.717) is 17.4 Å². The van der Waals surface area contributed by atoms with Crippen LogP contribution in [0.25, 0.3) is 0 Å². The average Bonchev–Trinajstić information content (AvgIpc) is 3.14. The van der Waals surface area contributed by atoms with Gasteiger partial charge in [-0.25, -0.2) is 4.98 Å². The Hall–Kier alpha value is -3.72. The van der Waals surface area contributed by atoms with Crippen LogP contribution in [0, 0.1) is 0 Å². The average molecular weight is 449 g/mol. The molecule has 2 aromatic carbocycles. The number of aromatic nitrogens is 2. The smallest absolute Gasteiger partial charge is 0.229 e. The molecule has 1 aliphatic heterocycles. The second-order valence-corrected chi connectivity index (χ2v) is 8.46. The highest BCUT2D eigenvalue weighted by atomic mass is 16.5. The van der Waals surface area contributed by atoms with Crippen LogP contribution in [0.2, 0.25) is 0 Å². The minimum absolute atomic E-state index is 0.478. The van der Waals surface area contributed by atoms with Crippen molar-refractivity contribution in [3.05, 3.63) is 48.7 Å². The van der Waals surface area contributed by atoms with E-state index in [0.717, 1.165) is 42.6 Å². The summed E-state index contributed by atoms with van der Waals surface area (Å²) in [6, 6.07) is 14.0. The van der Waals surface area contributed by atoms with E-state index in [2.05, 4.69) is 63.2 Å². The number of para-hydroxylation sites is 2. The molecule has 0 saturated heterocycles. The van der Waals surface area contributed by atoms with Crippen molar-refractivity contribution in [2.75, 3.05) is 80.8 Å². The number of nitrogens with zero attached hydrogens (tertiary/aromatic N) is 6. The normalized spacial score (nSPS) is 12.8. The van der Waals surface area contributed by atoms with Gasteiger partial charge in [0.05, 0.1) is 42.2 Å². The molecule has 9 nitrogen and oxygen atoms in total. The lowest BCUT2D eigenvalue weighted by Gasteiger charge is -2.24. The van der Waals surface area contributed by atoms with Crippen molar-refractivity contribution in [2.24, 2.45) is 0 Å². The quantitative estimate of drug-likeness (QED) is 0.504. The van der Waals surface area contributed by atoms with Crippen LogP contribution in [-0.2, 0) is 0 Å². The number of methoxy groups -OCH3 is 1. The molecular weight excluding hydrogens is 416 g/mol. The Morgan fingerprint density at radius 2 is 1.85 bits per heavy atom. The molecule has 0 unspecified atom stereocenters. The topological polar surface area (TPSA) is 86.0 Å². The largest absolute Gasteiger partial charge is 0.494 e. The first kappa shape index (κ1) is 22.5. The molecule has 0 amide bonds. The van der Waals surface area contributed by atoms with Crippen molar-refractivity contribution in [1.82, 2.24) is 14.9 Å². The van der Waals surface area contributed by atoms with Crippen molar-refractivity contribution >= 4 is 40.2 Å². The van der Waals surface area contributed by atoms with E-state index >= 15 is 0 Å². The van der Waals surface area contributed by atoms with E-state index in [-0.39, 0.29) is 0 Å². The number of anilines is 7. The molecule has 2 heterocycles. The number of benzene rings is 2. The van der Waals surface area contributed by atoms with E-state index in [4.69, 9.17) is 15.5 Å². The predicted octanol–water partition coefficient (Wildman–Crippen LogP) is 3.35. The van der Waals surface area contributed by atoms with E-state index in [1.165, 1.54) is 5.69 Å². The lowest BCUT2D eigenvalue weighted by Crippen LogP contribution is -2.29. The fraction of sp³-hybridized carbons (Fsp3) is 0.333. The van der Waals surface area contributed by atoms with Crippen molar-refractivity contribution < 1.29 is 4.74 Å². The number of hydrogen-bond donors (Lipinski definition) is 2. The molecule has 3 aromatic rings. The monoisotopic (exact) mass is 448 g/mol. The summed E-state index contributed by atoms with van der Waals surface area (Å²) in [5.74, 6) is 1.97. The molecule has 0 aliphatic carbocycles. The Labute approximate surface area is 195 Å². The molecule has 9 heteroatoms. The summed E-state index contributed by atoms with van der Waals surface area (Å²) in [6.07, 6.45) is 1.75. The Balaban J connectivity index is 1.58. The van der Waals surface area contributed by atoms with Gasteiger partial charge in [-0.2, -0.15) is 4.98 Å². The highest BCUT2D eigenvalue weighted by molar-refractivity contribution is 5.82. The molecule has 0 atom stereocenters. The summed E-state index contributed by atoms with van der Waals surface area (Å²) in [5, 5.41) is 3.29. The third kappa shape index (κ3) is 4.73. The van der Waals surface area contributed by atoms with Crippen LogP contribution in [0.1, 0.15) is 0 Å². The van der Waals surface area contributed by atoms with Gasteiger partial charge in [0.15, 0.2) is 0 Å². The second kappa shape index (κ2) is 9.41. The van der Waals surface area contributed by atoms with Crippen molar-refractivity contribution in [3.8, 4) is 5.75 Å². The van der Waals surface area contributed by atoms with Crippen molar-refractivity contribution in [2.45, 2.75) is 0 Å². The Morgan fingerprint density at radius 3 is 2.58 bits per heavy atom. The van der Waals surface area contributed by atoms with Crippen LogP contribution in [0.3, 0.4) is 0 Å². The lowest BCUT2D eigenvalue weighted by molar-refractivity contribution is 0.413. The highest BCUT2D eigenvalue weighted by Crippen LogP contribution is 2.39. The van der Waals surface area contributed by atoms with Crippen LogP contribution in [0.15, 0.2) is 48.7 Å². The van der Waals surface area contributed by atoms with E-state index in [9.17, 15) is 0 Å². The lowest BCUT2D eigenvalue weighted by atomic mass is 10.2. The first-order valence-electron chi connectivity index (χ1n) is 10.9. The summed E-state index contributed by atoms with van der Waals surface area (Å²) in [4.78, 5) is 17.8. The van der Waals surface area contributed by atoms with Gasteiger partial charge < -0.3 is 35.4 Å². The maximum atomic E-state index is 6.40. The van der Waals surface area contributed by atoms with Gasteiger partial charge in [-0.1, -0.05) is 12.1 Å². The second-order valence-electron chi connectivity index (χ2n) is 8.46. The van der Waals surface area contributed by atoms with E-state index in [1.54, 1.807) is 13.3 Å². The summed E-state index contributed by atoms with van der Waals surface area (Å²) in [7, 11) is 9.85. The summed E-state index contributed by atoms with van der Waals surface area (Å²) in [6.45, 7) is 2.50. The fourth-order valence-electron chi connectivity index (χ4n) is 3.91. The zero-order chi connectivity index (χ0) is 23.5. The number of hydrogen-bond acceptors (Lipinski definition) is 9. The van der Waals surface area contributed by atoms with E-state index < -0.39 is 0 Å². The molecule has 33 heavy (non-hydrogen) atoms. The maximum absolute atomic E-state index is 6.40. The van der Waals surface area contributed by atoms with Gasteiger partial charge in [-0.05, 0) is 38.4 Å². The van der Waals surface area contributed by atoms with Crippen LogP contribution < -0.4 is 30.5 Å². The number of rotatable bonds is 8. The number of ether oxygens (including phenoxy) is 1. The van der Waals surface area contributed by atoms with Crippen molar-refractivity contribution in [1.29, 1.82) is 0 Å². The maximum Gasteiger partial charge on any atom is 0.229 e. The third-order valence-corrected chi connectivity index (χ3v) is 5.74. The van der Waals surface area contributed by atoms with Gasteiger partial charge in [-0.3, -0.25) is 0 Å². The predicted molar refractivity (Wildman–Crippen MR) is 136 cm³/mol. The molecule has 174 valence electrons. The number of likely N-dealkylation sites (N-methyl/N-ethyl adjacent to an activating group) is 2. The Bertz CT molecular complexity index is 1120. The molecule has 0 fully saturated rings. The molecular formula is C24H32N8O. The number of nitrogens with one attached hydrogen (secondary N) is 1. The first-order valence-corrected chi connectivity index (χ1v) is 10.9. The molecule has 3 N–H and O–H groups in total.